The van der Waals surface area contributed by atoms with E-state index in [1.807, 2.05) is 19.1 Å². The van der Waals surface area contributed by atoms with Crippen LogP contribution in [-0.2, 0) is 0 Å². The highest BCUT2D eigenvalue weighted by molar-refractivity contribution is 5.91. The van der Waals surface area contributed by atoms with Gasteiger partial charge in [-0.05, 0) is 43.9 Å². The van der Waals surface area contributed by atoms with Crippen LogP contribution < -0.4 is 10.6 Å². The highest BCUT2D eigenvalue weighted by Gasteiger charge is 2.28. The molecule has 0 aromatic carbocycles. The summed E-state index contributed by atoms with van der Waals surface area (Å²) in [4.78, 5) is 16.3. The van der Waals surface area contributed by atoms with E-state index in [1.54, 1.807) is 29.3 Å². The monoisotopic (exact) mass is 271 g/mol. The Labute approximate surface area is 117 Å². The molecule has 1 unspecified atom stereocenters. The summed E-state index contributed by atoms with van der Waals surface area (Å²) in [6.45, 7) is 2.04. The van der Waals surface area contributed by atoms with Gasteiger partial charge in [0.05, 0.1) is 5.69 Å². The van der Waals surface area contributed by atoms with Gasteiger partial charge >= 0.3 is 6.03 Å². The smallest absolute Gasteiger partial charge is 0.319 e. The van der Waals surface area contributed by atoms with Crippen molar-refractivity contribution in [2.24, 2.45) is 5.92 Å². The summed E-state index contributed by atoms with van der Waals surface area (Å²) in [6.07, 6.45) is 7.54. The standard InChI is InChI=1S/C14H17N5O/c1-10(11-5-6-11)17-14(20)18-12-4-2-7-15-13(12)19-9-3-8-16-19/h2-4,7-11H,5-6H2,1H3,(H2,17,18,20). The van der Waals surface area contributed by atoms with Crippen LogP contribution in [0.1, 0.15) is 19.8 Å². The molecule has 6 nitrogen and oxygen atoms in total. The van der Waals surface area contributed by atoms with Crippen LogP contribution in [0.2, 0.25) is 0 Å². The van der Waals surface area contributed by atoms with E-state index in [9.17, 15) is 4.79 Å². The highest BCUT2D eigenvalue weighted by Crippen LogP contribution is 2.32. The van der Waals surface area contributed by atoms with Crippen LogP contribution in [0.4, 0.5) is 10.5 Å². The number of carbonyl (C=O) groups excluding carboxylic acids is 1. The van der Waals surface area contributed by atoms with Crippen LogP contribution in [0.5, 0.6) is 0 Å². The summed E-state index contributed by atoms with van der Waals surface area (Å²) in [7, 11) is 0. The van der Waals surface area contributed by atoms with Gasteiger partial charge in [-0.2, -0.15) is 5.10 Å². The maximum absolute atomic E-state index is 12.0. The first-order valence-corrected chi connectivity index (χ1v) is 6.76. The van der Waals surface area contributed by atoms with Gasteiger partial charge in [0.1, 0.15) is 0 Å². The summed E-state index contributed by atoms with van der Waals surface area (Å²) < 4.78 is 1.62. The minimum atomic E-state index is -0.203. The molecule has 2 amide bonds. The lowest BCUT2D eigenvalue weighted by Gasteiger charge is -2.15. The molecule has 1 saturated carbocycles. The van der Waals surface area contributed by atoms with E-state index in [-0.39, 0.29) is 12.1 Å². The summed E-state index contributed by atoms with van der Waals surface area (Å²) in [5.74, 6) is 1.23. The Morgan fingerprint density at radius 2 is 2.25 bits per heavy atom. The normalized spacial score (nSPS) is 15.7. The Morgan fingerprint density at radius 3 is 2.95 bits per heavy atom. The predicted molar refractivity (Wildman–Crippen MR) is 75.7 cm³/mol. The lowest BCUT2D eigenvalue weighted by atomic mass is 10.2. The summed E-state index contributed by atoms with van der Waals surface area (Å²) in [5, 5.41) is 9.93. The van der Waals surface area contributed by atoms with Crippen LogP contribution in [0, 0.1) is 5.92 Å². The Balaban J connectivity index is 1.72. The lowest BCUT2D eigenvalue weighted by Crippen LogP contribution is -2.37. The maximum Gasteiger partial charge on any atom is 0.319 e. The molecule has 104 valence electrons. The molecule has 2 N–H and O–H groups in total. The van der Waals surface area contributed by atoms with E-state index < -0.39 is 0 Å². The fourth-order valence-corrected chi connectivity index (χ4v) is 2.15. The molecule has 6 heteroatoms. The number of hydrogen-bond donors (Lipinski definition) is 2. The molecule has 0 saturated heterocycles. The first kappa shape index (κ1) is 12.7. The second-order valence-electron chi connectivity index (χ2n) is 5.05. The number of rotatable bonds is 4. The molecule has 1 atom stereocenters. The van der Waals surface area contributed by atoms with Crippen LogP contribution in [-0.4, -0.2) is 26.8 Å². The molecule has 1 aliphatic carbocycles. The molecular weight excluding hydrogens is 254 g/mol. The van der Waals surface area contributed by atoms with Gasteiger partial charge in [0.15, 0.2) is 5.82 Å². The van der Waals surface area contributed by atoms with Gasteiger partial charge in [-0.25, -0.2) is 14.5 Å². The van der Waals surface area contributed by atoms with Gasteiger partial charge in [-0.1, -0.05) is 0 Å². The van der Waals surface area contributed by atoms with Gasteiger partial charge < -0.3 is 10.6 Å². The van der Waals surface area contributed by atoms with Crippen molar-refractivity contribution in [3.05, 3.63) is 36.8 Å². The number of nitrogens with one attached hydrogen (secondary N) is 2. The number of amides is 2. The molecule has 1 fully saturated rings. The first-order chi connectivity index (χ1) is 9.74. The fraction of sp³-hybridized carbons (Fsp3) is 0.357. The molecule has 2 aromatic rings. The Bertz CT molecular complexity index is 591. The number of pyridine rings is 1. The van der Waals surface area contributed by atoms with E-state index in [2.05, 4.69) is 20.7 Å². The number of nitrogens with zero attached hydrogens (tertiary/aromatic N) is 3. The molecule has 0 spiro atoms. The van der Waals surface area contributed by atoms with Gasteiger partial charge in [0.2, 0.25) is 0 Å². The Morgan fingerprint density at radius 1 is 1.40 bits per heavy atom. The molecule has 0 aliphatic heterocycles. The fourth-order valence-electron chi connectivity index (χ4n) is 2.15. The van der Waals surface area contributed by atoms with Crippen LogP contribution in [0.25, 0.3) is 5.82 Å². The van der Waals surface area contributed by atoms with Gasteiger partial charge in [-0.15, -0.1) is 0 Å². The molecular formula is C14H17N5O. The van der Waals surface area contributed by atoms with E-state index in [1.165, 1.54) is 12.8 Å². The summed E-state index contributed by atoms with van der Waals surface area (Å²) >= 11 is 0. The minimum Gasteiger partial charge on any atom is -0.335 e. The number of aromatic nitrogens is 3. The summed E-state index contributed by atoms with van der Waals surface area (Å²) in [6, 6.07) is 5.41. The number of anilines is 1. The van der Waals surface area contributed by atoms with Crippen molar-refractivity contribution >= 4 is 11.7 Å². The van der Waals surface area contributed by atoms with Crippen molar-refractivity contribution in [3.8, 4) is 5.82 Å². The van der Waals surface area contributed by atoms with Crippen molar-refractivity contribution in [1.29, 1.82) is 0 Å². The molecule has 1 aliphatic rings. The van der Waals surface area contributed by atoms with Crippen molar-refractivity contribution in [2.75, 3.05) is 5.32 Å². The largest absolute Gasteiger partial charge is 0.335 e. The molecule has 3 rings (SSSR count). The Kier molecular flexibility index (Phi) is 3.37. The third kappa shape index (κ3) is 2.79. The topological polar surface area (TPSA) is 71.8 Å². The average Bonchev–Trinajstić information content (AvgIpc) is 3.15. The van der Waals surface area contributed by atoms with Crippen molar-refractivity contribution in [3.63, 3.8) is 0 Å². The quantitative estimate of drug-likeness (QED) is 0.895. The van der Waals surface area contributed by atoms with E-state index in [0.717, 1.165) is 0 Å². The zero-order valence-electron chi connectivity index (χ0n) is 11.3. The SMILES string of the molecule is CC(NC(=O)Nc1cccnc1-n1cccn1)C1CC1. The zero-order chi connectivity index (χ0) is 13.9. The van der Waals surface area contributed by atoms with Gasteiger partial charge in [-0.3, -0.25) is 0 Å². The van der Waals surface area contributed by atoms with Crippen LogP contribution in [0.15, 0.2) is 36.8 Å². The zero-order valence-corrected chi connectivity index (χ0v) is 11.3. The molecule has 0 bridgehead atoms. The van der Waals surface area contributed by atoms with Gasteiger partial charge in [0, 0.05) is 24.6 Å². The lowest BCUT2D eigenvalue weighted by molar-refractivity contribution is 0.248. The van der Waals surface area contributed by atoms with Crippen molar-refractivity contribution < 1.29 is 4.79 Å². The molecule has 2 heterocycles. The molecule has 20 heavy (non-hydrogen) atoms. The van der Waals surface area contributed by atoms with E-state index in [4.69, 9.17) is 0 Å². The summed E-state index contributed by atoms with van der Waals surface area (Å²) in [5.41, 5.74) is 0.636. The highest BCUT2D eigenvalue weighted by atomic mass is 16.2. The first-order valence-electron chi connectivity index (χ1n) is 6.76. The molecule has 0 radical (unpaired) electrons. The van der Waals surface area contributed by atoms with Crippen LogP contribution in [0.3, 0.4) is 0 Å². The number of carbonyl (C=O) groups is 1. The number of urea groups is 1. The van der Waals surface area contributed by atoms with Gasteiger partial charge in [0.25, 0.3) is 0 Å². The maximum atomic E-state index is 12.0. The van der Waals surface area contributed by atoms with E-state index >= 15 is 0 Å². The second-order valence-corrected chi connectivity index (χ2v) is 5.05. The van der Waals surface area contributed by atoms with Crippen molar-refractivity contribution in [2.45, 2.75) is 25.8 Å². The van der Waals surface area contributed by atoms with Crippen LogP contribution >= 0.6 is 0 Å². The minimum absolute atomic E-state index is 0.203. The average molecular weight is 271 g/mol. The third-order valence-electron chi connectivity index (χ3n) is 3.44. The van der Waals surface area contributed by atoms with Crippen molar-refractivity contribution in [1.82, 2.24) is 20.1 Å². The predicted octanol–water partition coefficient (Wildman–Crippen LogP) is 2.19. The Hall–Kier alpha value is -2.37. The van der Waals surface area contributed by atoms with E-state index in [0.29, 0.717) is 17.4 Å². The third-order valence-corrected chi connectivity index (χ3v) is 3.44. The molecule has 2 aromatic heterocycles. The number of hydrogen-bond acceptors (Lipinski definition) is 3. The second kappa shape index (κ2) is 5.32.